The first-order chi connectivity index (χ1) is 15.0. The molecule has 31 heavy (non-hydrogen) atoms. The number of allylic oxidation sites excluding steroid dienone is 2. The molecule has 0 saturated carbocycles. The number of benzene rings is 1. The van der Waals surface area contributed by atoms with Crippen LogP contribution in [0.2, 0.25) is 0 Å². The number of para-hydroxylation sites is 1. The van der Waals surface area contributed by atoms with E-state index >= 15 is 0 Å². The van der Waals surface area contributed by atoms with Crippen molar-refractivity contribution in [2.24, 2.45) is 4.99 Å². The number of anilines is 1. The van der Waals surface area contributed by atoms with Gasteiger partial charge in [0.05, 0.1) is 24.2 Å². The second-order valence-corrected chi connectivity index (χ2v) is 8.67. The van der Waals surface area contributed by atoms with E-state index in [0.29, 0.717) is 6.10 Å². The minimum atomic E-state index is 0.214. The molecule has 0 bridgehead atoms. The van der Waals surface area contributed by atoms with Crippen LogP contribution in [0.15, 0.2) is 53.4 Å². The van der Waals surface area contributed by atoms with E-state index in [-0.39, 0.29) is 6.23 Å². The number of nitrogens with zero attached hydrogens (tertiary/aromatic N) is 3. The highest BCUT2D eigenvalue weighted by Gasteiger charge is 2.32. The number of piperidine rings is 1. The van der Waals surface area contributed by atoms with E-state index in [0.717, 1.165) is 37.3 Å². The fourth-order valence-electron chi connectivity index (χ4n) is 4.73. The van der Waals surface area contributed by atoms with Crippen LogP contribution in [0.4, 0.5) is 5.69 Å². The van der Waals surface area contributed by atoms with E-state index < -0.39 is 0 Å². The Bertz CT molecular complexity index is 794. The summed E-state index contributed by atoms with van der Waals surface area (Å²) in [6, 6.07) is 8.82. The highest BCUT2D eigenvalue weighted by atomic mass is 16.5. The molecule has 170 valence electrons. The summed E-state index contributed by atoms with van der Waals surface area (Å²) >= 11 is 0. The summed E-state index contributed by atoms with van der Waals surface area (Å²) in [5, 5.41) is 3.38. The van der Waals surface area contributed by atoms with Gasteiger partial charge in [-0.3, -0.25) is 4.99 Å². The summed E-state index contributed by atoms with van der Waals surface area (Å²) in [4.78, 5) is 9.05. The Balaban J connectivity index is 0.000000179. The van der Waals surface area contributed by atoms with Crippen molar-refractivity contribution in [1.82, 2.24) is 10.2 Å². The van der Waals surface area contributed by atoms with Crippen LogP contribution < -0.4 is 10.2 Å². The van der Waals surface area contributed by atoms with E-state index in [1.807, 2.05) is 6.92 Å². The molecule has 5 nitrogen and oxygen atoms in total. The van der Waals surface area contributed by atoms with E-state index in [1.165, 1.54) is 49.3 Å². The van der Waals surface area contributed by atoms with E-state index in [1.54, 1.807) is 6.20 Å². The van der Waals surface area contributed by atoms with Gasteiger partial charge in [0.1, 0.15) is 6.23 Å². The topological polar surface area (TPSA) is 40.1 Å². The highest BCUT2D eigenvalue weighted by molar-refractivity contribution is 5.98. The molecule has 2 atom stereocenters. The van der Waals surface area contributed by atoms with Crippen molar-refractivity contribution in [3.05, 3.63) is 54.0 Å². The zero-order valence-electron chi connectivity index (χ0n) is 19.9. The van der Waals surface area contributed by atoms with Crippen LogP contribution in [0.3, 0.4) is 0 Å². The maximum Gasteiger partial charge on any atom is 0.131 e. The molecule has 5 heteroatoms. The molecule has 1 aromatic rings. The molecule has 3 aliphatic heterocycles. The third-order valence-corrected chi connectivity index (χ3v) is 6.49. The minimum absolute atomic E-state index is 0.214. The molecule has 0 aliphatic carbocycles. The smallest absolute Gasteiger partial charge is 0.131 e. The first-order valence-corrected chi connectivity index (χ1v) is 11.9. The van der Waals surface area contributed by atoms with Crippen LogP contribution in [0, 0.1) is 0 Å². The Morgan fingerprint density at radius 3 is 2.61 bits per heavy atom. The highest BCUT2D eigenvalue weighted by Crippen LogP contribution is 2.28. The Kier molecular flexibility index (Phi) is 8.59. The number of ether oxygens (including phenoxy) is 1. The molecule has 0 radical (unpaired) electrons. The van der Waals surface area contributed by atoms with Crippen molar-refractivity contribution in [2.45, 2.75) is 78.6 Å². The molecule has 2 saturated heterocycles. The van der Waals surface area contributed by atoms with Crippen molar-refractivity contribution in [1.29, 1.82) is 0 Å². The first-order valence-electron chi connectivity index (χ1n) is 11.9. The molecule has 3 heterocycles. The molecule has 0 aromatic heterocycles. The second-order valence-electron chi connectivity index (χ2n) is 8.67. The summed E-state index contributed by atoms with van der Waals surface area (Å²) in [5.41, 5.74) is 6.26. The second kappa shape index (κ2) is 11.4. The van der Waals surface area contributed by atoms with Crippen molar-refractivity contribution in [3.63, 3.8) is 0 Å². The Morgan fingerprint density at radius 2 is 1.97 bits per heavy atom. The quantitative estimate of drug-likeness (QED) is 0.638. The molecule has 1 N–H and O–H groups in total. The normalized spacial score (nSPS) is 24.1. The molecular formula is C26H40N4O. The summed E-state index contributed by atoms with van der Waals surface area (Å²) in [6.07, 6.45) is 9.68. The van der Waals surface area contributed by atoms with E-state index in [4.69, 9.17) is 4.74 Å². The lowest BCUT2D eigenvalue weighted by Gasteiger charge is -2.30. The summed E-state index contributed by atoms with van der Waals surface area (Å²) in [5.74, 6) is 0. The van der Waals surface area contributed by atoms with E-state index in [9.17, 15) is 0 Å². The monoisotopic (exact) mass is 424 g/mol. The SMILES string of the molecule is C=CN=C(C)C1=C(C)N(C2CCC(C)O2)CN1.CCc1ccccc1N1CCCCC1. The lowest BCUT2D eigenvalue weighted by atomic mass is 10.1. The van der Waals surface area contributed by atoms with Gasteiger partial charge in [0.2, 0.25) is 0 Å². The summed E-state index contributed by atoms with van der Waals surface area (Å²) in [7, 11) is 0. The minimum Gasteiger partial charge on any atom is -0.371 e. The molecule has 2 unspecified atom stereocenters. The Morgan fingerprint density at radius 1 is 1.23 bits per heavy atom. The fourth-order valence-corrected chi connectivity index (χ4v) is 4.73. The molecule has 0 spiro atoms. The predicted octanol–water partition coefficient (Wildman–Crippen LogP) is 5.45. The number of hydrogen-bond acceptors (Lipinski definition) is 5. The lowest BCUT2D eigenvalue weighted by molar-refractivity contribution is -0.0292. The van der Waals surface area contributed by atoms with Gasteiger partial charge in [0, 0.05) is 30.7 Å². The van der Waals surface area contributed by atoms with Gasteiger partial charge < -0.3 is 19.9 Å². The average molecular weight is 425 g/mol. The molecule has 0 amide bonds. The molecule has 2 fully saturated rings. The largest absolute Gasteiger partial charge is 0.371 e. The van der Waals surface area contributed by atoms with Gasteiger partial charge in [-0.2, -0.15) is 0 Å². The van der Waals surface area contributed by atoms with Crippen LogP contribution in [0.25, 0.3) is 0 Å². The van der Waals surface area contributed by atoms with Gasteiger partial charge >= 0.3 is 0 Å². The third-order valence-electron chi connectivity index (χ3n) is 6.49. The fraction of sp³-hybridized carbons (Fsp3) is 0.577. The molecule has 1 aromatic carbocycles. The van der Waals surface area contributed by atoms with Gasteiger partial charge in [-0.05, 0) is 70.9 Å². The molecular weight excluding hydrogens is 384 g/mol. The Labute approximate surface area is 188 Å². The number of aryl methyl sites for hydroxylation is 1. The van der Waals surface area contributed by atoms with Crippen LogP contribution in [-0.4, -0.2) is 42.7 Å². The first kappa shape index (κ1) is 23.4. The van der Waals surface area contributed by atoms with Crippen molar-refractivity contribution < 1.29 is 4.74 Å². The number of rotatable bonds is 5. The van der Waals surface area contributed by atoms with Gasteiger partial charge in [-0.15, -0.1) is 0 Å². The van der Waals surface area contributed by atoms with Crippen LogP contribution in [-0.2, 0) is 11.2 Å². The molecule has 4 rings (SSSR count). The lowest BCUT2D eigenvalue weighted by Crippen LogP contribution is -2.34. The third kappa shape index (κ3) is 5.91. The standard InChI is InChI=1S/C13H21N3O.C13H19N/c1-5-14-10(3)13-11(4)16(8-15-13)12-7-6-9(2)17-12;1-2-12-8-4-5-9-13(12)14-10-6-3-7-11-14/h5,9,12,15H,1,6-8H2,2-4H3;4-5,8-9H,2-3,6-7,10-11H2,1H3. The maximum atomic E-state index is 5.90. The summed E-state index contributed by atoms with van der Waals surface area (Å²) < 4.78 is 5.90. The zero-order chi connectivity index (χ0) is 22.2. The van der Waals surface area contributed by atoms with Crippen molar-refractivity contribution in [2.75, 3.05) is 24.7 Å². The molecule has 3 aliphatic rings. The van der Waals surface area contributed by atoms with Gasteiger partial charge in [-0.1, -0.05) is 31.7 Å². The maximum absolute atomic E-state index is 5.90. The van der Waals surface area contributed by atoms with E-state index in [2.05, 4.69) is 71.7 Å². The van der Waals surface area contributed by atoms with Gasteiger partial charge in [-0.25, -0.2) is 0 Å². The number of nitrogens with one attached hydrogen (secondary N) is 1. The van der Waals surface area contributed by atoms with Crippen LogP contribution >= 0.6 is 0 Å². The predicted molar refractivity (Wildman–Crippen MR) is 131 cm³/mol. The number of hydrogen-bond donors (Lipinski definition) is 1. The van der Waals surface area contributed by atoms with Crippen LogP contribution in [0.1, 0.15) is 65.4 Å². The Hall–Kier alpha value is -2.27. The average Bonchev–Trinajstić information content (AvgIpc) is 3.40. The summed E-state index contributed by atoms with van der Waals surface area (Å²) in [6.45, 7) is 15.4. The van der Waals surface area contributed by atoms with Gasteiger partial charge in [0.25, 0.3) is 0 Å². The van der Waals surface area contributed by atoms with Crippen molar-refractivity contribution >= 4 is 11.4 Å². The van der Waals surface area contributed by atoms with Crippen LogP contribution in [0.5, 0.6) is 0 Å². The van der Waals surface area contributed by atoms with Crippen molar-refractivity contribution in [3.8, 4) is 0 Å². The zero-order valence-corrected chi connectivity index (χ0v) is 19.9. The number of aliphatic imine (C=N–C) groups is 1. The van der Waals surface area contributed by atoms with Gasteiger partial charge in [0.15, 0.2) is 0 Å².